The summed E-state index contributed by atoms with van der Waals surface area (Å²) < 4.78 is 10.4. The van der Waals surface area contributed by atoms with Crippen molar-refractivity contribution in [2.45, 2.75) is 46.3 Å². The molecular weight excluding hydrogens is 254 g/mol. The van der Waals surface area contributed by atoms with E-state index in [1.807, 2.05) is 13.8 Å². The summed E-state index contributed by atoms with van der Waals surface area (Å²) in [6, 6.07) is -0.382. The Balaban J connectivity index is 2.76. The van der Waals surface area contributed by atoms with Crippen molar-refractivity contribution in [1.29, 1.82) is 0 Å². The van der Waals surface area contributed by atoms with Crippen LogP contribution in [0.25, 0.3) is 0 Å². The van der Waals surface area contributed by atoms with Crippen molar-refractivity contribution in [3.63, 3.8) is 0 Å². The van der Waals surface area contributed by atoms with Gasteiger partial charge in [0.05, 0.1) is 0 Å². The fourth-order valence-corrected chi connectivity index (χ4v) is 1.45. The highest BCUT2D eigenvalue weighted by Gasteiger charge is 2.25. The van der Waals surface area contributed by atoms with Gasteiger partial charge in [-0.2, -0.15) is 0 Å². The van der Waals surface area contributed by atoms with E-state index in [1.54, 1.807) is 20.8 Å². The maximum atomic E-state index is 11.7. The number of rotatable bonds is 3. The zero-order chi connectivity index (χ0) is 13.9. The number of hydrogen-bond acceptors (Lipinski definition) is 5. The van der Waals surface area contributed by atoms with Gasteiger partial charge in [-0.05, 0) is 38.9 Å². The first-order valence-electron chi connectivity index (χ1n) is 5.74. The molecule has 1 rings (SSSR count). The molecule has 1 aromatic heterocycles. The summed E-state index contributed by atoms with van der Waals surface area (Å²) in [4.78, 5) is 11.9. The standard InChI is InChI=1S/C11H19N3O3S/c1-6(2)7(8-13-14-10(18)16-8)12-9(15)17-11(3,4)5/h6-7H,1-5H3,(H,12,15)(H,14,18)/t7-/m0/s1. The second kappa shape index (κ2) is 5.51. The van der Waals surface area contributed by atoms with E-state index >= 15 is 0 Å². The summed E-state index contributed by atoms with van der Waals surface area (Å²) in [6.07, 6.45) is -0.509. The number of nitrogens with one attached hydrogen (secondary N) is 2. The summed E-state index contributed by atoms with van der Waals surface area (Å²) in [5.74, 6) is 0.444. The van der Waals surface area contributed by atoms with Gasteiger partial charge in [-0.1, -0.05) is 13.8 Å². The Labute approximate surface area is 111 Å². The van der Waals surface area contributed by atoms with Gasteiger partial charge in [0.15, 0.2) is 0 Å². The summed E-state index contributed by atoms with van der Waals surface area (Å²) in [5.41, 5.74) is -0.544. The lowest BCUT2D eigenvalue weighted by Gasteiger charge is -2.23. The molecule has 0 radical (unpaired) electrons. The van der Waals surface area contributed by atoms with Gasteiger partial charge in [0.25, 0.3) is 4.84 Å². The predicted octanol–water partition coefficient (Wildman–Crippen LogP) is 2.95. The molecule has 0 saturated heterocycles. The van der Waals surface area contributed by atoms with Crippen LogP contribution in [0.1, 0.15) is 46.6 Å². The predicted molar refractivity (Wildman–Crippen MR) is 68.6 cm³/mol. The molecule has 0 unspecified atom stereocenters. The topological polar surface area (TPSA) is 80.1 Å². The van der Waals surface area contributed by atoms with Gasteiger partial charge in [-0.3, -0.25) is 0 Å². The fraction of sp³-hybridized carbons (Fsp3) is 0.727. The summed E-state index contributed by atoms with van der Waals surface area (Å²) >= 11 is 4.81. The van der Waals surface area contributed by atoms with Crippen molar-refractivity contribution in [2.75, 3.05) is 0 Å². The fourth-order valence-electron chi connectivity index (χ4n) is 1.32. The molecule has 7 heteroatoms. The van der Waals surface area contributed by atoms with E-state index in [-0.39, 0.29) is 16.8 Å². The van der Waals surface area contributed by atoms with E-state index in [1.165, 1.54) is 0 Å². The first kappa shape index (κ1) is 14.7. The second-order valence-corrected chi connectivity index (χ2v) is 5.69. The molecule has 2 N–H and O–H groups in total. The zero-order valence-electron chi connectivity index (χ0n) is 11.2. The zero-order valence-corrected chi connectivity index (χ0v) is 12.1. The minimum atomic E-state index is -0.544. The average molecular weight is 273 g/mol. The van der Waals surface area contributed by atoms with E-state index < -0.39 is 11.7 Å². The smallest absolute Gasteiger partial charge is 0.408 e. The van der Waals surface area contributed by atoms with Crippen molar-refractivity contribution >= 4 is 18.3 Å². The SMILES string of the molecule is CC(C)[C@H](NC(=O)OC(C)(C)C)c1n[nH]c(=S)o1. The van der Waals surface area contributed by atoms with Crippen LogP contribution in [0.5, 0.6) is 0 Å². The molecule has 0 fully saturated rings. The minimum absolute atomic E-state index is 0.0963. The van der Waals surface area contributed by atoms with Gasteiger partial charge in [0.1, 0.15) is 11.6 Å². The van der Waals surface area contributed by atoms with Crippen molar-refractivity contribution in [2.24, 2.45) is 5.92 Å². The summed E-state index contributed by atoms with van der Waals surface area (Å²) in [6.45, 7) is 9.29. The quantitative estimate of drug-likeness (QED) is 0.828. The van der Waals surface area contributed by atoms with E-state index in [2.05, 4.69) is 15.5 Å². The molecule has 0 aromatic carbocycles. The normalized spacial score (nSPS) is 13.4. The lowest BCUT2D eigenvalue weighted by atomic mass is 10.1. The Morgan fingerprint density at radius 2 is 2.11 bits per heavy atom. The third kappa shape index (κ3) is 4.48. The first-order valence-corrected chi connectivity index (χ1v) is 6.15. The largest absolute Gasteiger partial charge is 0.444 e. The number of nitrogens with zero attached hydrogens (tertiary/aromatic N) is 1. The number of amides is 1. The van der Waals surface area contributed by atoms with Crippen LogP contribution in [0.2, 0.25) is 0 Å². The molecular formula is C11H19N3O3S. The van der Waals surface area contributed by atoms with Crippen LogP contribution in [0.4, 0.5) is 4.79 Å². The molecule has 0 saturated carbocycles. The molecule has 1 atom stereocenters. The van der Waals surface area contributed by atoms with Crippen molar-refractivity contribution in [3.05, 3.63) is 10.7 Å². The van der Waals surface area contributed by atoms with Crippen LogP contribution in [0.3, 0.4) is 0 Å². The van der Waals surface area contributed by atoms with Crippen LogP contribution >= 0.6 is 12.2 Å². The third-order valence-electron chi connectivity index (χ3n) is 2.06. The summed E-state index contributed by atoms with van der Waals surface area (Å²) in [7, 11) is 0. The van der Waals surface area contributed by atoms with Crippen molar-refractivity contribution < 1.29 is 13.9 Å². The number of carbonyl (C=O) groups excluding carboxylic acids is 1. The number of aromatic nitrogens is 2. The Kier molecular flexibility index (Phi) is 4.50. The Bertz CT molecular complexity index is 459. The van der Waals surface area contributed by atoms with Gasteiger partial charge >= 0.3 is 6.09 Å². The highest BCUT2D eigenvalue weighted by molar-refractivity contribution is 7.71. The van der Waals surface area contributed by atoms with E-state index in [9.17, 15) is 4.79 Å². The molecule has 0 aliphatic heterocycles. The van der Waals surface area contributed by atoms with Gasteiger partial charge in [0.2, 0.25) is 5.89 Å². The number of aromatic amines is 1. The molecule has 1 heterocycles. The molecule has 0 bridgehead atoms. The molecule has 0 spiro atoms. The Hall–Kier alpha value is -1.37. The Morgan fingerprint density at radius 1 is 1.50 bits per heavy atom. The number of alkyl carbamates (subject to hydrolysis) is 1. The second-order valence-electron chi connectivity index (χ2n) is 5.32. The van der Waals surface area contributed by atoms with E-state index in [4.69, 9.17) is 21.4 Å². The van der Waals surface area contributed by atoms with Crippen LogP contribution in [-0.2, 0) is 4.74 Å². The third-order valence-corrected chi connectivity index (χ3v) is 2.23. The lowest BCUT2D eigenvalue weighted by molar-refractivity contribution is 0.0479. The molecule has 102 valence electrons. The van der Waals surface area contributed by atoms with Gasteiger partial charge in [0, 0.05) is 0 Å². The number of hydrogen-bond donors (Lipinski definition) is 2. The van der Waals surface area contributed by atoms with Crippen LogP contribution in [0.15, 0.2) is 4.42 Å². The molecule has 1 aromatic rings. The minimum Gasteiger partial charge on any atom is -0.444 e. The molecule has 0 aliphatic rings. The Morgan fingerprint density at radius 3 is 2.50 bits per heavy atom. The molecule has 6 nitrogen and oxygen atoms in total. The molecule has 1 amide bonds. The highest BCUT2D eigenvalue weighted by atomic mass is 32.1. The number of H-pyrrole nitrogens is 1. The van der Waals surface area contributed by atoms with Crippen LogP contribution in [0, 0.1) is 10.8 Å². The summed E-state index contributed by atoms with van der Waals surface area (Å²) in [5, 5.41) is 9.17. The van der Waals surface area contributed by atoms with Crippen molar-refractivity contribution in [3.8, 4) is 0 Å². The monoisotopic (exact) mass is 273 g/mol. The average Bonchev–Trinajstić information content (AvgIpc) is 2.57. The molecule has 18 heavy (non-hydrogen) atoms. The first-order chi connectivity index (χ1) is 8.19. The number of carbonyl (C=O) groups is 1. The van der Waals surface area contributed by atoms with Crippen LogP contribution in [-0.4, -0.2) is 21.9 Å². The van der Waals surface area contributed by atoms with Gasteiger partial charge in [-0.25, -0.2) is 9.89 Å². The van der Waals surface area contributed by atoms with Gasteiger partial charge in [-0.15, -0.1) is 5.10 Å². The highest BCUT2D eigenvalue weighted by Crippen LogP contribution is 2.20. The van der Waals surface area contributed by atoms with Crippen LogP contribution < -0.4 is 5.32 Å². The number of ether oxygens (including phenoxy) is 1. The maximum Gasteiger partial charge on any atom is 0.408 e. The molecule has 0 aliphatic carbocycles. The lowest BCUT2D eigenvalue weighted by Crippen LogP contribution is -2.37. The maximum absolute atomic E-state index is 11.7. The van der Waals surface area contributed by atoms with Crippen molar-refractivity contribution in [1.82, 2.24) is 15.5 Å². The van der Waals surface area contributed by atoms with E-state index in [0.717, 1.165) is 0 Å². The van der Waals surface area contributed by atoms with E-state index in [0.29, 0.717) is 5.89 Å². The van der Waals surface area contributed by atoms with Gasteiger partial charge < -0.3 is 14.5 Å².